The first-order chi connectivity index (χ1) is 12.7. The molecule has 1 N–H and O–H groups in total. The first-order valence-electron chi connectivity index (χ1n) is 9.35. The van der Waals surface area contributed by atoms with Gasteiger partial charge in [-0.25, -0.2) is 4.98 Å². The molecule has 1 atom stereocenters. The maximum Gasteiger partial charge on any atom is 0.224 e. The maximum absolute atomic E-state index is 12.6. The van der Waals surface area contributed by atoms with Gasteiger partial charge in [0.25, 0.3) is 0 Å². The summed E-state index contributed by atoms with van der Waals surface area (Å²) in [6.45, 7) is 2.94. The summed E-state index contributed by atoms with van der Waals surface area (Å²) in [5, 5.41) is 7.24. The molecule has 2 aromatic rings. The van der Waals surface area contributed by atoms with E-state index in [4.69, 9.17) is 0 Å². The van der Waals surface area contributed by atoms with Gasteiger partial charge in [-0.05, 0) is 30.7 Å². The molecule has 1 unspecified atom stereocenters. The summed E-state index contributed by atoms with van der Waals surface area (Å²) in [5.41, 5.74) is 2.27. The Morgan fingerprint density at radius 2 is 2.31 bits per heavy atom. The average Bonchev–Trinajstić information content (AvgIpc) is 3.38. The first kappa shape index (κ1) is 17.3. The summed E-state index contributed by atoms with van der Waals surface area (Å²) in [4.78, 5) is 30.6. The van der Waals surface area contributed by atoms with Gasteiger partial charge < -0.3 is 14.8 Å². The van der Waals surface area contributed by atoms with Crippen LogP contribution in [-0.4, -0.2) is 45.9 Å². The van der Waals surface area contributed by atoms with E-state index in [9.17, 15) is 9.59 Å². The highest BCUT2D eigenvalue weighted by Gasteiger charge is 2.27. The molecule has 0 saturated carbocycles. The van der Waals surface area contributed by atoms with Crippen molar-refractivity contribution in [2.75, 3.05) is 19.6 Å². The highest BCUT2D eigenvalue weighted by Crippen LogP contribution is 2.28. The third-order valence-corrected chi connectivity index (χ3v) is 6.00. The van der Waals surface area contributed by atoms with Crippen LogP contribution in [0.1, 0.15) is 31.5 Å². The molecule has 2 aliphatic heterocycles. The van der Waals surface area contributed by atoms with Crippen molar-refractivity contribution >= 4 is 23.2 Å². The quantitative estimate of drug-likeness (QED) is 0.791. The number of imidazole rings is 1. The van der Waals surface area contributed by atoms with E-state index in [1.54, 1.807) is 11.3 Å². The van der Waals surface area contributed by atoms with Crippen molar-refractivity contribution in [3.63, 3.8) is 0 Å². The van der Waals surface area contributed by atoms with Crippen LogP contribution in [0.15, 0.2) is 23.0 Å². The fourth-order valence-corrected chi connectivity index (χ4v) is 4.50. The zero-order valence-corrected chi connectivity index (χ0v) is 15.6. The summed E-state index contributed by atoms with van der Waals surface area (Å²) in [5.74, 6) is 1.43. The lowest BCUT2D eigenvalue weighted by Crippen LogP contribution is -2.37. The van der Waals surface area contributed by atoms with E-state index in [0.717, 1.165) is 50.3 Å². The Balaban J connectivity index is 1.30. The molecular weight excluding hydrogens is 348 g/mol. The number of hydrogen-bond acceptors (Lipinski definition) is 4. The van der Waals surface area contributed by atoms with Crippen molar-refractivity contribution in [2.45, 2.75) is 38.6 Å². The third kappa shape index (κ3) is 3.53. The van der Waals surface area contributed by atoms with E-state index < -0.39 is 0 Å². The molecule has 7 heteroatoms. The van der Waals surface area contributed by atoms with Gasteiger partial charge in [0, 0.05) is 50.0 Å². The number of nitrogens with zero attached hydrogens (tertiary/aromatic N) is 3. The second-order valence-electron chi connectivity index (χ2n) is 7.05. The summed E-state index contributed by atoms with van der Waals surface area (Å²) in [6.07, 6.45) is 6.06. The number of carbonyl (C=O) groups excluding carboxylic acids is 2. The van der Waals surface area contributed by atoms with Gasteiger partial charge >= 0.3 is 0 Å². The van der Waals surface area contributed by atoms with Crippen molar-refractivity contribution in [1.82, 2.24) is 19.8 Å². The Morgan fingerprint density at radius 1 is 1.38 bits per heavy atom. The number of amides is 2. The largest absolute Gasteiger partial charge is 0.356 e. The molecular formula is C19H24N4O2S. The van der Waals surface area contributed by atoms with Crippen LogP contribution in [0.25, 0.3) is 11.3 Å². The van der Waals surface area contributed by atoms with Gasteiger partial charge in [-0.1, -0.05) is 0 Å². The van der Waals surface area contributed by atoms with E-state index in [2.05, 4.69) is 31.7 Å². The predicted molar refractivity (Wildman–Crippen MR) is 101 cm³/mol. The molecule has 0 spiro atoms. The van der Waals surface area contributed by atoms with Gasteiger partial charge in [0.2, 0.25) is 11.8 Å². The highest BCUT2D eigenvalue weighted by molar-refractivity contribution is 7.08. The molecule has 1 saturated heterocycles. The third-order valence-electron chi connectivity index (χ3n) is 5.32. The van der Waals surface area contributed by atoms with Crippen LogP contribution >= 0.6 is 11.3 Å². The molecule has 0 bridgehead atoms. The lowest BCUT2D eigenvalue weighted by Gasteiger charge is -2.24. The van der Waals surface area contributed by atoms with Crippen LogP contribution < -0.4 is 5.32 Å². The maximum atomic E-state index is 12.6. The number of rotatable bonds is 6. The van der Waals surface area contributed by atoms with Crippen LogP contribution in [0.2, 0.25) is 0 Å². The number of hydrogen-bond donors (Lipinski definition) is 1. The Labute approximate surface area is 157 Å². The van der Waals surface area contributed by atoms with Gasteiger partial charge in [-0.2, -0.15) is 11.3 Å². The number of carbonyl (C=O) groups is 2. The van der Waals surface area contributed by atoms with Crippen LogP contribution in [0.3, 0.4) is 0 Å². The van der Waals surface area contributed by atoms with Gasteiger partial charge in [-0.3, -0.25) is 9.59 Å². The van der Waals surface area contributed by atoms with Crippen molar-refractivity contribution in [1.29, 1.82) is 0 Å². The Bertz CT molecular complexity index is 784. The van der Waals surface area contributed by atoms with E-state index in [0.29, 0.717) is 19.5 Å². The molecule has 1 fully saturated rings. The zero-order chi connectivity index (χ0) is 17.9. The zero-order valence-electron chi connectivity index (χ0n) is 14.8. The number of fused-ring (bicyclic) bond motifs is 1. The summed E-state index contributed by atoms with van der Waals surface area (Å²) in [7, 11) is 0. The molecule has 6 nitrogen and oxygen atoms in total. The summed E-state index contributed by atoms with van der Waals surface area (Å²) >= 11 is 1.67. The number of nitrogens with one attached hydrogen (secondary N) is 1. The van der Waals surface area contributed by atoms with E-state index >= 15 is 0 Å². The van der Waals surface area contributed by atoms with Crippen LogP contribution in [-0.2, 0) is 22.6 Å². The Kier molecular flexibility index (Phi) is 5.06. The lowest BCUT2D eigenvalue weighted by atomic mass is 9.98. The second-order valence-corrected chi connectivity index (χ2v) is 7.83. The highest BCUT2D eigenvalue weighted by atomic mass is 32.1. The number of thiophene rings is 1. The van der Waals surface area contributed by atoms with E-state index in [1.165, 1.54) is 5.56 Å². The van der Waals surface area contributed by atoms with E-state index in [-0.39, 0.29) is 17.7 Å². The minimum atomic E-state index is -0.0116. The molecule has 2 aliphatic rings. The van der Waals surface area contributed by atoms with E-state index in [1.807, 2.05) is 11.1 Å². The lowest BCUT2D eigenvalue weighted by molar-refractivity contribution is -0.127. The fraction of sp³-hybridized carbons (Fsp3) is 0.526. The van der Waals surface area contributed by atoms with Crippen LogP contribution in [0.5, 0.6) is 0 Å². The molecule has 4 rings (SSSR count). The number of likely N-dealkylation sites (tertiary alicyclic amines) is 1. The summed E-state index contributed by atoms with van der Waals surface area (Å²) < 4.78 is 2.19. The van der Waals surface area contributed by atoms with Crippen molar-refractivity contribution in [2.24, 2.45) is 5.92 Å². The smallest absolute Gasteiger partial charge is 0.224 e. The van der Waals surface area contributed by atoms with Crippen LogP contribution in [0.4, 0.5) is 0 Å². The molecule has 2 aromatic heterocycles. The summed E-state index contributed by atoms with van der Waals surface area (Å²) in [6, 6.07) is 2.10. The monoisotopic (exact) mass is 372 g/mol. The molecule has 0 radical (unpaired) electrons. The first-order valence-corrected chi connectivity index (χ1v) is 10.3. The number of aryl methyl sites for hydroxylation is 1. The number of aromatic nitrogens is 2. The minimum Gasteiger partial charge on any atom is -0.356 e. The second kappa shape index (κ2) is 7.61. The minimum absolute atomic E-state index is 0.0116. The van der Waals surface area contributed by atoms with Crippen molar-refractivity contribution < 1.29 is 9.59 Å². The SMILES string of the molecule is O=C(NCCCN1CCCC1=O)C1CCc2ncc(-c3ccsc3)n2C1. The topological polar surface area (TPSA) is 67.2 Å². The van der Waals surface area contributed by atoms with Crippen molar-refractivity contribution in [3.8, 4) is 11.3 Å². The Morgan fingerprint density at radius 3 is 3.08 bits per heavy atom. The van der Waals surface area contributed by atoms with Gasteiger partial charge in [0.1, 0.15) is 5.82 Å². The van der Waals surface area contributed by atoms with Gasteiger partial charge in [0.15, 0.2) is 0 Å². The standard InChI is InChI=1S/C19H24N4O2S/c24-18-3-1-8-22(18)9-2-7-20-19(25)14-4-5-17-21-11-16(23(17)12-14)15-6-10-26-13-15/h6,10-11,13-14H,1-5,7-9,12H2,(H,20,25). The fourth-order valence-electron chi connectivity index (χ4n) is 3.85. The van der Waals surface area contributed by atoms with Gasteiger partial charge in [-0.15, -0.1) is 0 Å². The van der Waals surface area contributed by atoms with Crippen LogP contribution in [0, 0.1) is 5.92 Å². The molecule has 4 heterocycles. The average molecular weight is 372 g/mol. The van der Waals surface area contributed by atoms with Crippen molar-refractivity contribution in [3.05, 3.63) is 28.8 Å². The molecule has 0 aliphatic carbocycles. The van der Waals surface area contributed by atoms with Gasteiger partial charge in [0.05, 0.1) is 17.8 Å². The molecule has 0 aromatic carbocycles. The predicted octanol–water partition coefficient (Wildman–Crippen LogP) is 2.30. The molecule has 26 heavy (non-hydrogen) atoms. The molecule has 2 amide bonds. The Hall–Kier alpha value is -2.15. The normalized spacial score (nSPS) is 19.6. The molecule has 138 valence electrons.